The summed E-state index contributed by atoms with van der Waals surface area (Å²) in [5, 5.41) is 12.4. The first kappa shape index (κ1) is 19.8. The van der Waals surface area contributed by atoms with Gasteiger partial charge in [-0.1, -0.05) is 6.42 Å². The highest BCUT2D eigenvalue weighted by Crippen LogP contribution is 2.49. The fourth-order valence-electron chi connectivity index (χ4n) is 4.25. The minimum absolute atomic E-state index is 0.0544. The molecule has 2 N–H and O–H groups in total. The van der Waals surface area contributed by atoms with Crippen LogP contribution in [0.5, 0.6) is 11.5 Å². The molecule has 9 nitrogen and oxygen atoms in total. The molecule has 152 valence electrons. The van der Waals surface area contributed by atoms with E-state index >= 15 is 0 Å². The third-order valence-corrected chi connectivity index (χ3v) is 5.75. The van der Waals surface area contributed by atoms with E-state index < -0.39 is 23.4 Å². The number of nitrogens with one attached hydrogen (secondary N) is 1. The number of carboxylic acids is 1. The first-order chi connectivity index (χ1) is 13.4. The second kappa shape index (κ2) is 7.57. The van der Waals surface area contributed by atoms with Crippen molar-refractivity contribution in [2.24, 2.45) is 11.3 Å². The normalized spacial score (nSPS) is 23.1. The number of nitrogens with zero attached hydrogens (tertiary/aromatic N) is 1. The minimum Gasteiger partial charge on any atom is -0.493 e. The first-order valence-electron chi connectivity index (χ1n) is 9.00. The number of carboxylic acid groups (broad SMARTS) is 1. The van der Waals surface area contributed by atoms with E-state index in [4.69, 9.17) is 14.2 Å². The molecule has 3 rings (SSSR count). The Balaban J connectivity index is 1.86. The first-order valence-corrected chi connectivity index (χ1v) is 9.00. The number of carbonyl (C=O) groups excluding carboxylic acids is 2. The van der Waals surface area contributed by atoms with E-state index in [0.717, 1.165) is 12.8 Å². The Hall–Kier alpha value is -2.97. The number of aliphatic carboxylic acids is 1. The molecule has 2 aliphatic rings. The van der Waals surface area contributed by atoms with Gasteiger partial charge in [-0.3, -0.25) is 4.79 Å². The van der Waals surface area contributed by atoms with Gasteiger partial charge in [0.05, 0.1) is 38.0 Å². The number of amides is 2. The predicted molar refractivity (Wildman–Crippen MR) is 98.9 cm³/mol. The summed E-state index contributed by atoms with van der Waals surface area (Å²) in [5.74, 6) is -0.892. The summed E-state index contributed by atoms with van der Waals surface area (Å²) in [7, 11) is 4.12. The van der Waals surface area contributed by atoms with Crippen LogP contribution in [0.1, 0.15) is 29.6 Å². The number of ether oxygens (including phenoxy) is 3. The van der Waals surface area contributed by atoms with Crippen molar-refractivity contribution in [3.05, 3.63) is 17.7 Å². The van der Waals surface area contributed by atoms with E-state index in [-0.39, 0.29) is 23.7 Å². The average molecular weight is 392 g/mol. The zero-order valence-electron chi connectivity index (χ0n) is 16.1. The molecule has 0 bridgehead atoms. The van der Waals surface area contributed by atoms with Crippen molar-refractivity contribution in [2.45, 2.75) is 19.3 Å². The lowest BCUT2D eigenvalue weighted by Gasteiger charge is -2.23. The molecule has 0 aromatic heterocycles. The lowest BCUT2D eigenvalue weighted by Crippen LogP contribution is -2.38. The van der Waals surface area contributed by atoms with Crippen molar-refractivity contribution >= 4 is 23.7 Å². The van der Waals surface area contributed by atoms with Crippen molar-refractivity contribution in [3.8, 4) is 11.5 Å². The summed E-state index contributed by atoms with van der Waals surface area (Å²) in [6.45, 7) is 0.526. The Labute approximate surface area is 162 Å². The van der Waals surface area contributed by atoms with E-state index in [1.165, 1.54) is 38.4 Å². The Morgan fingerprint density at radius 1 is 1.18 bits per heavy atom. The number of hydrogen-bond donors (Lipinski definition) is 2. The number of hydrogen-bond acceptors (Lipinski definition) is 6. The van der Waals surface area contributed by atoms with Gasteiger partial charge in [0, 0.05) is 25.2 Å². The van der Waals surface area contributed by atoms with E-state index in [2.05, 4.69) is 5.32 Å². The SMILES string of the molecule is COC(=O)c1cc(OC)c(OC)cc1NC(=O)N1C[C@@H]2CCC[C@@]2(C(=O)O)C1. The molecule has 0 spiro atoms. The Morgan fingerprint density at radius 3 is 2.43 bits per heavy atom. The van der Waals surface area contributed by atoms with Crippen molar-refractivity contribution in [1.29, 1.82) is 0 Å². The second-order valence-electron chi connectivity index (χ2n) is 7.11. The summed E-state index contributed by atoms with van der Waals surface area (Å²) < 4.78 is 15.2. The molecule has 1 heterocycles. The van der Waals surface area contributed by atoms with E-state index in [0.29, 0.717) is 24.5 Å². The number of rotatable bonds is 5. The number of benzene rings is 1. The summed E-state index contributed by atoms with van der Waals surface area (Å²) >= 11 is 0. The molecule has 2 atom stereocenters. The van der Waals surface area contributed by atoms with Crippen molar-refractivity contribution < 1.29 is 33.7 Å². The van der Waals surface area contributed by atoms with Crippen LogP contribution < -0.4 is 14.8 Å². The van der Waals surface area contributed by atoms with Gasteiger partial charge >= 0.3 is 18.0 Å². The summed E-state index contributed by atoms with van der Waals surface area (Å²) in [4.78, 5) is 38.3. The van der Waals surface area contributed by atoms with Crippen LogP contribution in [0.25, 0.3) is 0 Å². The Bertz CT molecular complexity index is 810. The maximum atomic E-state index is 12.8. The topological polar surface area (TPSA) is 114 Å². The maximum absolute atomic E-state index is 12.8. The van der Waals surface area contributed by atoms with E-state index in [1.807, 2.05) is 0 Å². The molecule has 2 amide bonds. The molecule has 1 aliphatic carbocycles. The smallest absolute Gasteiger partial charge is 0.340 e. The van der Waals surface area contributed by atoms with Crippen LogP contribution in [0.15, 0.2) is 12.1 Å². The van der Waals surface area contributed by atoms with E-state index in [1.54, 1.807) is 0 Å². The molecule has 28 heavy (non-hydrogen) atoms. The van der Waals surface area contributed by atoms with Crippen LogP contribution in [0, 0.1) is 11.3 Å². The minimum atomic E-state index is -0.875. The molecular weight excluding hydrogens is 368 g/mol. The fourth-order valence-corrected chi connectivity index (χ4v) is 4.25. The van der Waals surface area contributed by atoms with Crippen LogP contribution in [0.4, 0.5) is 10.5 Å². The quantitative estimate of drug-likeness (QED) is 0.738. The van der Waals surface area contributed by atoms with Crippen LogP contribution in [0.2, 0.25) is 0 Å². The number of anilines is 1. The number of fused-ring (bicyclic) bond motifs is 1. The van der Waals surface area contributed by atoms with Crippen LogP contribution in [0.3, 0.4) is 0 Å². The van der Waals surface area contributed by atoms with Gasteiger partial charge in [-0.25, -0.2) is 9.59 Å². The highest BCUT2D eigenvalue weighted by molar-refractivity contribution is 6.02. The van der Waals surface area contributed by atoms with Gasteiger partial charge < -0.3 is 29.5 Å². The van der Waals surface area contributed by atoms with E-state index in [9.17, 15) is 19.5 Å². The van der Waals surface area contributed by atoms with Crippen molar-refractivity contribution in [2.75, 3.05) is 39.7 Å². The molecule has 1 aliphatic heterocycles. The average Bonchev–Trinajstić information content (AvgIpc) is 3.25. The van der Waals surface area contributed by atoms with Gasteiger partial charge in [0.2, 0.25) is 0 Å². The summed E-state index contributed by atoms with van der Waals surface area (Å²) in [5.41, 5.74) is -0.558. The number of esters is 1. The number of methoxy groups -OCH3 is 3. The highest BCUT2D eigenvalue weighted by Gasteiger charge is 2.55. The lowest BCUT2D eigenvalue weighted by atomic mass is 9.81. The number of carbonyl (C=O) groups is 3. The van der Waals surface area contributed by atoms with Crippen LogP contribution in [-0.2, 0) is 9.53 Å². The molecule has 1 saturated heterocycles. The van der Waals surface area contributed by atoms with Gasteiger partial charge in [-0.2, -0.15) is 0 Å². The van der Waals surface area contributed by atoms with Crippen molar-refractivity contribution in [1.82, 2.24) is 4.90 Å². The third kappa shape index (κ3) is 3.21. The highest BCUT2D eigenvalue weighted by atomic mass is 16.5. The maximum Gasteiger partial charge on any atom is 0.340 e. The molecule has 1 aromatic rings. The zero-order valence-corrected chi connectivity index (χ0v) is 16.1. The van der Waals surface area contributed by atoms with Gasteiger partial charge in [0.25, 0.3) is 0 Å². The molecule has 1 aromatic carbocycles. The standard InChI is InChI=1S/C19H24N2O7/c1-26-14-7-12(16(22)28-3)13(8-15(14)27-2)20-18(25)21-9-11-5-4-6-19(11,10-21)17(23)24/h7-8,11H,4-6,9-10H2,1-3H3,(H,20,25)(H,23,24)/t11-,19+/m0/s1. The van der Waals surface area contributed by atoms with Gasteiger partial charge in [-0.15, -0.1) is 0 Å². The second-order valence-corrected chi connectivity index (χ2v) is 7.11. The lowest BCUT2D eigenvalue weighted by molar-refractivity contribution is -0.149. The van der Waals surface area contributed by atoms with Crippen molar-refractivity contribution in [3.63, 3.8) is 0 Å². The van der Waals surface area contributed by atoms with Gasteiger partial charge in [-0.05, 0) is 18.8 Å². The number of likely N-dealkylation sites (tertiary alicyclic amines) is 1. The monoisotopic (exact) mass is 392 g/mol. The Morgan fingerprint density at radius 2 is 1.86 bits per heavy atom. The summed E-state index contributed by atoms with van der Waals surface area (Å²) in [6.07, 6.45) is 2.22. The fraction of sp³-hybridized carbons (Fsp3) is 0.526. The Kier molecular flexibility index (Phi) is 5.35. The summed E-state index contributed by atoms with van der Waals surface area (Å²) in [6, 6.07) is 2.44. The zero-order chi connectivity index (χ0) is 20.5. The number of urea groups is 1. The molecular formula is C19H24N2O7. The van der Waals surface area contributed by atoms with Gasteiger partial charge in [0.15, 0.2) is 11.5 Å². The third-order valence-electron chi connectivity index (χ3n) is 5.75. The molecule has 2 fully saturated rings. The largest absolute Gasteiger partial charge is 0.493 e. The molecule has 0 radical (unpaired) electrons. The molecule has 1 saturated carbocycles. The molecule has 9 heteroatoms. The van der Waals surface area contributed by atoms with Gasteiger partial charge in [0.1, 0.15) is 0 Å². The molecule has 0 unspecified atom stereocenters. The van der Waals surface area contributed by atoms with Crippen LogP contribution >= 0.6 is 0 Å². The van der Waals surface area contributed by atoms with Crippen LogP contribution in [-0.4, -0.2) is 62.4 Å². The predicted octanol–water partition coefficient (Wildman–Crippen LogP) is 2.21.